The molecule has 3 rings (SSSR count). The molecule has 2 heterocycles. The van der Waals surface area contributed by atoms with Crippen LogP contribution in [0.1, 0.15) is 37.7 Å². The van der Waals surface area contributed by atoms with Gasteiger partial charge in [0.05, 0.1) is 0 Å². The second kappa shape index (κ2) is 9.79. The number of carbonyl (C=O) groups is 2. The van der Waals surface area contributed by atoms with Crippen LogP contribution >= 0.6 is 11.8 Å². The zero-order valence-corrected chi connectivity index (χ0v) is 17.6. The first kappa shape index (κ1) is 21.2. The molecule has 0 aromatic heterocycles. The maximum atomic E-state index is 12.5. The fourth-order valence-electron chi connectivity index (χ4n) is 4.39. The van der Waals surface area contributed by atoms with Gasteiger partial charge in [-0.15, -0.1) is 0 Å². The lowest BCUT2D eigenvalue weighted by atomic mass is 9.72. The van der Waals surface area contributed by atoms with Crippen molar-refractivity contribution in [3.8, 4) is 0 Å². The van der Waals surface area contributed by atoms with E-state index in [0.717, 1.165) is 44.5 Å². The van der Waals surface area contributed by atoms with Crippen LogP contribution in [0.15, 0.2) is 30.3 Å². The number of nitrogens with zero attached hydrogens (tertiary/aromatic N) is 2. The van der Waals surface area contributed by atoms with Gasteiger partial charge >= 0.3 is 0 Å². The highest BCUT2D eigenvalue weighted by Gasteiger charge is 2.42. The third kappa shape index (κ3) is 5.29. The summed E-state index contributed by atoms with van der Waals surface area (Å²) in [5.41, 5.74) is 1.39. The number of aliphatic hydroxyl groups is 1. The Morgan fingerprint density at radius 3 is 2.61 bits per heavy atom. The number of carbonyl (C=O) groups excluding carboxylic acids is 2. The first-order valence-electron chi connectivity index (χ1n) is 10.3. The second-order valence-corrected chi connectivity index (χ2v) is 9.16. The highest BCUT2D eigenvalue weighted by atomic mass is 32.2. The van der Waals surface area contributed by atoms with Gasteiger partial charge in [-0.25, -0.2) is 0 Å². The fraction of sp³-hybridized carbons (Fsp3) is 0.636. The molecule has 2 amide bonds. The monoisotopic (exact) mass is 404 g/mol. The van der Waals surface area contributed by atoms with Gasteiger partial charge in [0.2, 0.25) is 5.91 Å². The summed E-state index contributed by atoms with van der Waals surface area (Å²) in [6, 6.07) is 10.3. The van der Waals surface area contributed by atoms with Crippen LogP contribution in [0.4, 0.5) is 0 Å². The molecule has 1 N–H and O–H groups in total. The Hall–Kier alpha value is -1.53. The summed E-state index contributed by atoms with van der Waals surface area (Å²) in [6.07, 6.45) is 5.88. The van der Waals surface area contributed by atoms with Crippen LogP contribution in [-0.4, -0.2) is 71.0 Å². The van der Waals surface area contributed by atoms with Crippen molar-refractivity contribution in [1.82, 2.24) is 9.80 Å². The predicted molar refractivity (Wildman–Crippen MR) is 113 cm³/mol. The van der Waals surface area contributed by atoms with E-state index in [-0.39, 0.29) is 17.2 Å². The van der Waals surface area contributed by atoms with Crippen LogP contribution in [0.5, 0.6) is 0 Å². The van der Waals surface area contributed by atoms with Crippen molar-refractivity contribution in [2.24, 2.45) is 5.41 Å². The normalized spacial score (nSPS) is 20.4. The molecule has 1 atom stereocenters. The quantitative estimate of drug-likeness (QED) is 0.759. The van der Waals surface area contributed by atoms with Crippen LogP contribution in [0, 0.1) is 5.41 Å². The fourth-order valence-corrected chi connectivity index (χ4v) is 4.85. The second-order valence-electron chi connectivity index (χ2n) is 8.17. The summed E-state index contributed by atoms with van der Waals surface area (Å²) in [6.45, 7) is 2.95. The van der Waals surface area contributed by atoms with Crippen LogP contribution in [0.2, 0.25) is 0 Å². The standard InChI is InChI=1S/C22H32N2O3S/c1-28-16-9-19(25)21(27)23-14-11-22(12-15-23)10-7-20(26)24(17-22)13-8-18-5-3-2-4-6-18/h2-6,19,25H,7-17H2,1H3/t19-/m0/s1. The topological polar surface area (TPSA) is 60.9 Å². The third-order valence-electron chi connectivity index (χ3n) is 6.28. The molecule has 2 aliphatic rings. The van der Waals surface area contributed by atoms with Gasteiger partial charge in [0.1, 0.15) is 6.10 Å². The highest BCUT2D eigenvalue weighted by Crippen LogP contribution is 2.40. The average molecular weight is 405 g/mol. The van der Waals surface area contributed by atoms with Crippen LogP contribution < -0.4 is 0 Å². The van der Waals surface area contributed by atoms with Crippen molar-refractivity contribution >= 4 is 23.6 Å². The average Bonchev–Trinajstić information content (AvgIpc) is 2.73. The van der Waals surface area contributed by atoms with Gasteiger partial charge in [-0.1, -0.05) is 30.3 Å². The van der Waals surface area contributed by atoms with Gasteiger partial charge in [0, 0.05) is 32.6 Å². The molecular weight excluding hydrogens is 372 g/mol. The zero-order chi connectivity index (χ0) is 20.0. The third-order valence-corrected chi connectivity index (χ3v) is 6.92. The van der Waals surface area contributed by atoms with Crippen molar-refractivity contribution < 1.29 is 14.7 Å². The van der Waals surface area contributed by atoms with E-state index in [9.17, 15) is 14.7 Å². The molecule has 0 saturated carbocycles. The van der Waals surface area contributed by atoms with E-state index in [1.807, 2.05) is 34.3 Å². The molecule has 2 saturated heterocycles. The van der Waals surface area contributed by atoms with Gasteiger partial charge in [0.15, 0.2) is 0 Å². The largest absolute Gasteiger partial charge is 0.383 e. The lowest BCUT2D eigenvalue weighted by Gasteiger charge is -2.47. The van der Waals surface area contributed by atoms with Crippen LogP contribution in [0.3, 0.4) is 0 Å². The Labute approximate surface area is 172 Å². The number of rotatable bonds is 7. The molecule has 1 aromatic carbocycles. The predicted octanol–water partition coefficient (Wildman–Crippen LogP) is 2.57. The molecule has 1 spiro atoms. The SMILES string of the molecule is CSCC[C@H](O)C(=O)N1CCC2(CCC(=O)N(CCc3ccccc3)C2)CC1. The molecule has 0 unspecified atom stereocenters. The van der Waals surface area contributed by atoms with E-state index in [4.69, 9.17) is 0 Å². The molecule has 0 radical (unpaired) electrons. The van der Waals surface area contributed by atoms with Gasteiger partial charge in [-0.3, -0.25) is 9.59 Å². The number of hydrogen-bond acceptors (Lipinski definition) is 4. The lowest BCUT2D eigenvalue weighted by molar-refractivity contribution is -0.146. The van der Waals surface area contributed by atoms with Crippen LogP contribution in [-0.2, 0) is 16.0 Å². The van der Waals surface area contributed by atoms with Crippen LogP contribution in [0.25, 0.3) is 0 Å². The van der Waals surface area contributed by atoms with Crippen molar-refractivity contribution in [2.75, 3.05) is 38.2 Å². The van der Waals surface area contributed by atoms with E-state index in [2.05, 4.69) is 12.1 Å². The minimum absolute atomic E-state index is 0.128. The van der Waals surface area contributed by atoms with E-state index in [0.29, 0.717) is 25.9 Å². The highest BCUT2D eigenvalue weighted by molar-refractivity contribution is 7.98. The molecule has 2 aliphatic heterocycles. The van der Waals surface area contributed by atoms with Gasteiger partial charge in [-0.2, -0.15) is 11.8 Å². The maximum absolute atomic E-state index is 12.5. The van der Waals surface area contributed by atoms with Crippen molar-refractivity contribution in [2.45, 2.75) is 44.6 Å². The summed E-state index contributed by atoms with van der Waals surface area (Å²) in [4.78, 5) is 28.7. The van der Waals surface area contributed by atoms with Crippen molar-refractivity contribution in [1.29, 1.82) is 0 Å². The maximum Gasteiger partial charge on any atom is 0.251 e. The summed E-state index contributed by atoms with van der Waals surface area (Å²) in [5.74, 6) is 0.924. The molecule has 2 fully saturated rings. The minimum atomic E-state index is -0.878. The van der Waals surface area contributed by atoms with Gasteiger partial charge in [-0.05, 0) is 55.1 Å². The molecule has 28 heavy (non-hydrogen) atoms. The molecule has 0 bridgehead atoms. The summed E-state index contributed by atoms with van der Waals surface area (Å²) in [5, 5.41) is 10.1. The Kier molecular flexibility index (Phi) is 7.41. The number of aliphatic hydroxyl groups excluding tert-OH is 1. The molecule has 5 nitrogen and oxygen atoms in total. The molecular formula is C22H32N2O3S. The van der Waals surface area contributed by atoms with Gasteiger partial charge in [0.25, 0.3) is 5.91 Å². The van der Waals surface area contributed by atoms with Crippen molar-refractivity contribution in [3.63, 3.8) is 0 Å². The molecule has 0 aliphatic carbocycles. The summed E-state index contributed by atoms with van der Waals surface area (Å²) >= 11 is 1.65. The summed E-state index contributed by atoms with van der Waals surface area (Å²) < 4.78 is 0. The molecule has 6 heteroatoms. The zero-order valence-electron chi connectivity index (χ0n) is 16.8. The number of piperidine rings is 2. The van der Waals surface area contributed by atoms with E-state index in [1.165, 1.54) is 5.56 Å². The Balaban J connectivity index is 1.52. The first-order chi connectivity index (χ1) is 13.5. The lowest BCUT2D eigenvalue weighted by Crippen LogP contribution is -2.53. The van der Waals surface area contributed by atoms with Gasteiger partial charge < -0.3 is 14.9 Å². The number of amides is 2. The smallest absolute Gasteiger partial charge is 0.251 e. The van der Waals surface area contributed by atoms with Crippen molar-refractivity contribution in [3.05, 3.63) is 35.9 Å². The Morgan fingerprint density at radius 2 is 1.93 bits per heavy atom. The Bertz CT molecular complexity index is 659. The number of hydrogen-bond donors (Lipinski definition) is 1. The minimum Gasteiger partial charge on any atom is -0.383 e. The molecule has 154 valence electrons. The van der Waals surface area contributed by atoms with E-state index >= 15 is 0 Å². The number of thioether (sulfide) groups is 1. The van der Waals surface area contributed by atoms with E-state index in [1.54, 1.807) is 11.8 Å². The summed E-state index contributed by atoms with van der Waals surface area (Å²) in [7, 11) is 0. The Morgan fingerprint density at radius 1 is 1.21 bits per heavy atom. The van der Waals surface area contributed by atoms with E-state index < -0.39 is 6.10 Å². The molecule has 1 aromatic rings. The first-order valence-corrected chi connectivity index (χ1v) is 11.7. The number of benzene rings is 1. The number of likely N-dealkylation sites (tertiary alicyclic amines) is 2.